The van der Waals surface area contributed by atoms with Crippen LogP contribution in [-0.4, -0.2) is 34.1 Å². The van der Waals surface area contributed by atoms with Crippen molar-refractivity contribution < 1.29 is 24.6 Å². The number of amides is 1. The first-order valence-electron chi connectivity index (χ1n) is 5.41. The second-order valence-corrected chi connectivity index (χ2v) is 4.24. The SMILES string of the molecule is O=C(O)CCC(NC(=O)c1cccc(Cl)c1)C(=O)O. The smallest absolute Gasteiger partial charge is 0.326 e. The van der Waals surface area contributed by atoms with E-state index in [1.807, 2.05) is 0 Å². The summed E-state index contributed by atoms with van der Waals surface area (Å²) in [5.41, 5.74) is 0.217. The first-order chi connectivity index (χ1) is 8.90. The summed E-state index contributed by atoms with van der Waals surface area (Å²) in [5.74, 6) is -3.01. The summed E-state index contributed by atoms with van der Waals surface area (Å²) >= 11 is 5.72. The lowest BCUT2D eigenvalue weighted by Gasteiger charge is -2.13. The number of hydrogen-bond acceptors (Lipinski definition) is 3. The van der Waals surface area contributed by atoms with Gasteiger partial charge in [-0.05, 0) is 24.6 Å². The van der Waals surface area contributed by atoms with Crippen LogP contribution in [0.25, 0.3) is 0 Å². The molecule has 0 bridgehead atoms. The fourth-order valence-electron chi connectivity index (χ4n) is 1.40. The van der Waals surface area contributed by atoms with Crippen LogP contribution in [0, 0.1) is 0 Å². The minimum absolute atomic E-state index is 0.184. The van der Waals surface area contributed by atoms with Crippen LogP contribution in [0.1, 0.15) is 23.2 Å². The predicted molar refractivity (Wildman–Crippen MR) is 67.2 cm³/mol. The van der Waals surface area contributed by atoms with Crippen molar-refractivity contribution in [1.29, 1.82) is 0 Å². The van der Waals surface area contributed by atoms with Crippen molar-refractivity contribution in [3.63, 3.8) is 0 Å². The highest BCUT2D eigenvalue weighted by molar-refractivity contribution is 6.30. The summed E-state index contributed by atoms with van der Waals surface area (Å²) in [4.78, 5) is 33.1. The van der Waals surface area contributed by atoms with Crippen molar-refractivity contribution in [3.05, 3.63) is 34.9 Å². The lowest BCUT2D eigenvalue weighted by molar-refractivity contribution is -0.140. The third-order valence-electron chi connectivity index (χ3n) is 2.34. The van der Waals surface area contributed by atoms with Gasteiger partial charge in [0.15, 0.2) is 0 Å². The summed E-state index contributed by atoms with van der Waals surface area (Å²) in [6, 6.07) is 4.77. The van der Waals surface area contributed by atoms with Gasteiger partial charge in [-0.2, -0.15) is 0 Å². The molecule has 0 saturated carbocycles. The van der Waals surface area contributed by atoms with E-state index in [0.29, 0.717) is 5.02 Å². The van der Waals surface area contributed by atoms with Gasteiger partial charge in [0.05, 0.1) is 0 Å². The van der Waals surface area contributed by atoms with E-state index in [1.54, 1.807) is 12.1 Å². The number of hydrogen-bond donors (Lipinski definition) is 3. The minimum Gasteiger partial charge on any atom is -0.481 e. The molecule has 0 fully saturated rings. The van der Waals surface area contributed by atoms with Crippen LogP contribution >= 0.6 is 11.6 Å². The van der Waals surface area contributed by atoms with Crippen molar-refractivity contribution in [3.8, 4) is 0 Å². The van der Waals surface area contributed by atoms with Crippen molar-refractivity contribution in [1.82, 2.24) is 5.32 Å². The van der Waals surface area contributed by atoms with Gasteiger partial charge in [-0.25, -0.2) is 4.79 Å². The molecule has 1 amide bonds. The molecule has 6 nitrogen and oxygen atoms in total. The number of aliphatic carboxylic acids is 2. The molecule has 102 valence electrons. The molecule has 0 aliphatic heterocycles. The van der Waals surface area contributed by atoms with Crippen molar-refractivity contribution in [2.24, 2.45) is 0 Å². The first-order valence-corrected chi connectivity index (χ1v) is 5.79. The van der Waals surface area contributed by atoms with Crippen LogP contribution < -0.4 is 5.32 Å². The lowest BCUT2D eigenvalue weighted by Crippen LogP contribution is -2.41. The van der Waals surface area contributed by atoms with Crippen LogP contribution in [-0.2, 0) is 9.59 Å². The monoisotopic (exact) mass is 285 g/mol. The molecule has 1 atom stereocenters. The number of benzene rings is 1. The number of halogens is 1. The molecule has 0 aliphatic carbocycles. The van der Waals surface area contributed by atoms with Gasteiger partial charge in [0.25, 0.3) is 5.91 Å². The highest BCUT2D eigenvalue weighted by atomic mass is 35.5. The molecule has 1 aromatic rings. The molecule has 1 aromatic carbocycles. The van der Waals surface area contributed by atoms with Crippen LogP contribution in [0.2, 0.25) is 5.02 Å². The summed E-state index contributed by atoms with van der Waals surface area (Å²) < 4.78 is 0. The third kappa shape index (κ3) is 4.97. The molecule has 0 aromatic heterocycles. The van der Waals surface area contributed by atoms with Gasteiger partial charge < -0.3 is 15.5 Å². The zero-order chi connectivity index (χ0) is 14.4. The first kappa shape index (κ1) is 15.0. The Morgan fingerprint density at radius 2 is 1.95 bits per heavy atom. The second kappa shape index (κ2) is 6.75. The lowest BCUT2D eigenvalue weighted by atomic mass is 10.1. The zero-order valence-electron chi connectivity index (χ0n) is 9.80. The standard InChI is InChI=1S/C12H12ClNO5/c13-8-3-1-2-7(6-8)11(17)14-9(12(18)19)4-5-10(15)16/h1-3,6,9H,4-5H2,(H,14,17)(H,15,16)(H,18,19). The fourth-order valence-corrected chi connectivity index (χ4v) is 1.59. The molecule has 19 heavy (non-hydrogen) atoms. The molecule has 0 saturated heterocycles. The van der Waals surface area contributed by atoms with E-state index in [0.717, 1.165) is 0 Å². The summed E-state index contributed by atoms with van der Waals surface area (Å²) in [6.45, 7) is 0. The topological polar surface area (TPSA) is 104 Å². The average Bonchev–Trinajstić information content (AvgIpc) is 2.33. The minimum atomic E-state index is -1.28. The molecular formula is C12H12ClNO5. The Hall–Kier alpha value is -2.08. The van der Waals surface area contributed by atoms with Crippen LogP contribution in [0.3, 0.4) is 0 Å². The van der Waals surface area contributed by atoms with Gasteiger partial charge in [-0.15, -0.1) is 0 Å². The summed E-state index contributed by atoms with van der Waals surface area (Å²) in [5, 5.41) is 20.0. The molecular weight excluding hydrogens is 274 g/mol. The molecule has 1 unspecified atom stereocenters. The molecule has 7 heteroatoms. The Bertz CT molecular complexity index is 503. The largest absolute Gasteiger partial charge is 0.481 e. The van der Waals surface area contributed by atoms with E-state index in [4.69, 9.17) is 21.8 Å². The number of carbonyl (C=O) groups excluding carboxylic acids is 1. The highest BCUT2D eigenvalue weighted by Crippen LogP contribution is 2.11. The summed E-state index contributed by atoms with van der Waals surface area (Å²) in [6.07, 6.45) is -0.524. The van der Waals surface area contributed by atoms with E-state index in [-0.39, 0.29) is 18.4 Å². The fraction of sp³-hybridized carbons (Fsp3) is 0.250. The van der Waals surface area contributed by atoms with Gasteiger partial charge in [0.2, 0.25) is 0 Å². The Morgan fingerprint density at radius 1 is 1.26 bits per heavy atom. The number of carboxylic acids is 2. The maximum atomic E-state index is 11.8. The second-order valence-electron chi connectivity index (χ2n) is 3.81. The average molecular weight is 286 g/mol. The molecule has 0 radical (unpaired) electrons. The molecule has 0 spiro atoms. The third-order valence-corrected chi connectivity index (χ3v) is 2.57. The van der Waals surface area contributed by atoms with Crippen molar-refractivity contribution in [2.45, 2.75) is 18.9 Å². The van der Waals surface area contributed by atoms with Gasteiger partial charge in [0, 0.05) is 17.0 Å². The van der Waals surface area contributed by atoms with E-state index in [2.05, 4.69) is 5.32 Å². The normalized spacial score (nSPS) is 11.6. The van der Waals surface area contributed by atoms with Crippen LogP contribution in [0.15, 0.2) is 24.3 Å². The number of nitrogens with one attached hydrogen (secondary N) is 1. The molecule has 3 N–H and O–H groups in total. The Labute approximate surface area is 114 Å². The number of carboxylic acid groups (broad SMARTS) is 2. The van der Waals surface area contributed by atoms with Gasteiger partial charge >= 0.3 is 11.9 Å². The summed E-state index contributed by atoms with van der Waals surface area (Å²) in [7, 11) is 0. The van der Waals surface area contributed by atoms with Crippen LogP contribution in [0.5, 0.6) is 0 Å². The Kier molecular flexibility index (Phi) is 5.32. The van der Waals surface area contributed by atoms with E-state index in [9.17, 15) is 14.4 Å². The molecule has 0 aliphatic rings. The van der Waals surface area contributed by atoms with Gasteiger partial charge in [-0.1, -0.05) is 17.7 Å². The quantitative estimate of drug-likeness (QED) is 0.733. The van der Waals surface area contributed by atoms with Gasteiger partial charge in [0.1, 0.15) is 6.04 Å². The molecule has 0 heterocycles. The van der Waals surface area contributed by atoms with Crippen molar-refractivity contribution in [2.75, 3.05) is 0 Å². The van der Waals surface area contributed by atoms with Gasteiger partial charge in [-0.3, -0.25) is 9.59 Å². The molecule has 1 rings (SSSR count). The number of carbonyl (C=O) groups is 3. The van der Waals surface area contributed by atoms with Crippen LogP contribution in [0.4, 0.5) is 0 Å². The van der Waals surface area contributed by atoms with E-state index in [1.165, 1.54) is 12.1 Å². The maximum Gasteiger partial charge on any atom is 0.326 e. The Balaban J connectivity index is 2.71. The number of rotatable bonds is 6. The predicted octanol–water partition coefficient (Wildman–Crippen LogP) is 1.39. The van der Waals surface area contributed by atoms with Crippen molar-refractivity contribution >= 4 is 29.4 Å². The van der Waals surface area contributed by atoms with E-state index >= 15 is 0 Å². The Morgan fingerprint density at radius 3 is 2.47 bits per heavy atom. The maximum absolute atomic E-state index is 11.8. The van der Waals surface area contributed by atoms with E-state index < -0.39 is 23.9 Å². The zero-order valence-corrected chi connectivity index (χ0v) is 10.6. The highest BCUT2D eigenvalue weighted by Gasteiger charge is 2.21.